The quantitative estimate of drug-likeness (QED) is 0.197. The lowest BCUT2D eigenvalue weighted by Gasteiger charge is -2.12. The Morgan fingerprint density at radius 3 is 1.58 bits per heavy atom. The number of benzene rings is 6. The molecule has 3 heterocycles. The first-order chi connectivity index (χ1) is 23.7. The van der Waals surface area contributed by atoms with Crippen LogP contribution < -0.4 is 0 Å². The van der Waals surface area contributed by atoms with Crippen LogP contribution in [0, 0.1) is 22.7 Å². The number of fused-ring (bicyclic) bond motifs is 7. The number of aromatic nitrogens is 5. The molecule has 0 aliphatic heterocycles. The fourth-order valence-corrected chi connectivity index (χ4v) is 6.68. The minimum absolute atomic E-state index is 0.471. The Morgan fingerprint density at radius 2 is 0.979 bits per heavy atom. The maximum absolute atomic E-state index is 9.42. The van der Waals surface area contributed by atoms with E-state index in [1.807, 2.05) is 36.4 Å². The lowest BCUT2D eigenvalue weighted by Crippen LogP contribution is -2.06. The molecule has 0 unspecified atom stereocenters. The van der Waals surface area contributed by atoms with Gasteiger partial charge in [-0.1, -0.05) is 60.7 Å². The minimum atomic E-state index is 0.471. The van der Waals surface area contributed by atoms with E-state index in [0.717, 1.165) is 60.4 Å². The van der Waals surface area contributed by atoms with Crippen molar-refractivity contribution in [3.63, 3.8) is 0 Å². The first-order valence-electron chi connectivity index (χ1n) is 15.5. The van der Waals surface area contributed by atoms with Crippen LogP contribution in [-0.4, -0.2) is 24.1 Å². The average Bonchev–Trinajstić information content (AvgIpc) is 3.68. The van der Waals surface area contributed by atoms with Gasteiger partial charge >= 0.3 is 0 Å². The van der Waals surface area contributed by atoms with Crippen molar-refractivity contribution in [1.82, 2.24) is 24.1 Å². The summed E-state index contributed by atoms with van der Waals surface area (Å²) in [6, 6.07) is 50.5. The van der Waals surface area contributed by atoms with Crippen LogP contribution >= 0.6 is 0 Å². The number of para-hydroxylation sites is 3. The number of hydrogen-bond donors (Lipinski definition) is 0. The van der Waals surface area contributed by atoms with E-state index in [2.05, 4.69) is 100 Å². The van der Waals surface area contributed by atoms with E-state index < -0.39 is 0 Å². The number of rotatable bonds is 4. The molecule has 48 heavy (non-hydrogen) atoms. The molecule has 0 atom stereocenters. The van der Waals surface area contributed by atoms with Gasteiger partial charge in [0.25, 0.3) is 0 Å². The molecule has 9 aromatic rings. The van der Waals surface area contributed by atoms with Crippen LogP contribution in [0.5, 0.6) is 0 Å². The molecule has 7 heteroatoms. The number of nitrogens with zero attached hydrogens (tertiary/aromatic N) is 7. The topological polar surface area (TPSA) is 96.1 Å². The normalized spacial score (nSPS) is 11.3. The highest BCUT2D eigenvalue weighted by Crippen LogP contribution is 2.41. The summed E-state index contributed by atoms with van der Waals surface area (Å²) in [7, 11) is 0. The van der Waals surface area contributed by atoms with Crippen LogP contribution in [0.15, 0.2) is 140 Å². The van der Waals surface area contributed by atoms with Crippen molar-refractivity contribution < 1.29 is 0 Å². The van der Waals surface area contributed by atoms with E-state index in [1.165, 1.54) is 0 Å². The molecule has 0 aliphatic carbocycles. The Bertz CT molecular complexity index is 2700. The number of nitriles is 2. The van der Waals surface area contributed by atoms with Gasteiger partial charge in [-0.15, -0.1) is 0 Å². The Kier molecular flexibility index (Phi) is 6.11. The van der Waals surface area contributed by atoms with Crippen molar-refractivity contribution in [2.75, 3.05) is 0 Å². The van der Waals surface area contributed by atoms with Crippen molar-refractivity contribution in [1.29, 1.82) is 10.5 Å². The maximum Gasteiger partial charge on any atom is 0.238 e. The van der Waals surface area contributed by atoms with E-state index in [0.29, 0.717) is 28.7 Å². The highest BCUT2D eigenvalue weighted by molar-refractivity contribution is 6.26. The zero-order valence-electron chi connectivity index (χ0n) is 25.4. The molecule has 0 fully saturated rings. The van der Waals surface area contributed by atoms with E-state index >= 15 is 0 Å². The molecule has 3 aromatic heterocycles. The highest BCUT2D eigenvalue weighted by Gasteiger charge is 2.23. The second-order valence-electron chi connectivity index (χ2n) is 11.6. The second-order valence-corrected chi connectivity index (χ2v) is 11.6. The Hall–Kier alpha value is -7.09. The third-order valence-corrected chi connectivity index (χ3v) is 8.85. The average molecular weight is 614 g/mol. The van der Waals surface area contributed by atoms with Crippen LogP contribution in [0.1, 0.15) is 11.1 Å². The zero-order valence-corrected chi connectivity index (χ0v) is 25.4. The molecule has 7 nitrogen and oxygen atoms in total. The number of hydrogen-bond acceptors (Lipinski definition) is 5. The third kappa shape index (κ3) is 4.16. The molecule has 0 spiro atoms. The van der Waals surface area contributed by atoms with Crippen LogP contribution in [0.3, 0.4) is 0 Å². The summed E-state index contributed by atoms with van der Waals surface area (Å²) >= 11 is 0. The van der Waals surface area contributed by atoms with Crippen molar-refractivity contribution in [3.8, 4) is 46.5 Å². The Balaban J connectivity index is 1.42. The van der Waals surface area contributed by atoms with Gasteiger partial charge in [0.2, 0.25) is 5.95 Å². The van der Waals surface area contributed by atoms with E-state index in [9.17, 15) is 10.5 Å². The monoisotopic (exact) mass is 613 g/mol. The van der Waals surface area contributed by atoms with Crippen molar-refractivity contribution in [2.45, 2.75) is 0 Å². The molecular weight excluding hydrogens is 591 g/mol. The van der Waals surface area contributed by atoms with Gasteiger partial charge in [-0.25, -0.2) is 4.98 Å². The predicted molar refractivity (Wildman–Crippen MR) is 189 cm³/mol. The van der Waals surface area contributed by atoms with E-state index in [-0.39, 0.29) is 0 Å². The lowest BCUT2D eigenvalue weighted by atomic mass is 10.1. The zero-order chi connectivity index (χ0) is 32.2. The van der Waals surface area contributed by atoms with Gasteiger partial charge in [0.15, 0.2) is 11.6 Å². The summed E-state index contributed by atoms with van der Waals surface area (Å²) in [5.41, 5.74) is 7.87. The molecule has 0 aliphatic rings. The van der Waals surface area contributed by atoms with Crippen LogP contribution in [0.4, 0.5) is 0 Å². The largest absolute Gasteiger partial charge is 0.309 e. The summed E-state index contributed by atoms with van der Waals surface area (Å²) in [5, 5.41) is 23.3. The molecule has 0 radical (unpaired) electrons. The minimum Gasteiger partial charge on any atom is -0.309 e. The van der Waals surface area contributed by atoms with Gasteiger partial charge in [0, 0.05) is 38.4 Å². The van der Waals surface area contributed by atoms with Gasteiger partial charge < -0.3 is 4.57 Å². The summed E-state index contributed by atoms with van der Waals surface area (Å²) in [6.45, 7) is 0. The van der Waals surface area contributed by atoms with Crippen LogP contribution in [0.25, 0.3) is 78.0 Å². The third-order valence-electron chi connectivity index (χ3n) is 8.85. The fraction of sp³-hybridized carbons (Fsp3) is 0. The van der Waals surface area contributed by atoms with E-state index in [1.54, 1.807) is 24.3 Å². The van der Waals surface area contributed by atoms with Gasteiger partial charge in [0.05, 0.1) is 45.3 Å². The first kappa shape index (κ1) is 27.2. The molecule has 0 saturated carbocycles. The van der Waals surface area contributed by atoms with Crippen molar-refractivity contribution in [2.24, 2.45) is 0 Å². The lowest BCUT2D eigenvalue weighted by molar-refractivity contribution is 0.955. The SMILES string of the molecule is N#Cc1ccc(-c2nc(-c3ccc(C#N)cc3)nc(-n3c4ccccc4c4ccc5c(c6ccccc6n5-c5ccccc5)c43)n2)cc1. The van der Waals surface area contributed by atoms with Crippen LogP contribution in [0.2, 0.25) is 0 Å². The predicted octanol–water partition coefficient (Wildman–Crippen LogP) is 9.14. The Labute approximate surface area is 274 Å². The maximum atomic E-state index is 9.42. The van der Waals surface area contributed by atoms with Crippen LogP contribution in [-0.2, 0) is 0 Å². The Morgan fingerprint density at radius 1 is 0.438 bits per heavy atom. The van der Waals surface area contributed by atoms with E-state index in [4.69, 9.17) is 15.0 Å². The summed E-state index contributed by atoms with van der Waals surface area (Å²) in [4.78, 5) is 15.1. The standard InChI is InChI=1S/C41H23N7/c42-24-26-14-18-28(19-15-26)39-44-40(29-20-16-27(25-43)17-21-29)46-41(45-39)48-34-12-6-4-10-31(34)32-22-23-36-37(38(32)48)33-11-5-7-13-35(33)47(36)30-8-2-1-3-9-30/h1-23H. The van der Waals surface area contributed by atoms with Crippen molar-refractivity contribution >= 4 is 43.6 Å². The molecule has 0 amide bonds. The summed E-state index contributed by atoms with van der Waals surface area (Å²) < 4.78 is 4.46. The first-order valence-corrected chi connectivity index (χ1v) is 15.5. The molecular formula is C41H23N7. The summed E-state index contributed by atoms with van der Waals surface area (Å²) in [6.07, 6.45) is 0. The van der Waals surface area contributed by atoms with Crippen molar-refractivity contribution in [3.05, 3.63) is 151 Å². The molecule has 222 valence electrons. The molecule has 0 saturated heterocycles. The molecule has 6 aromatic carbocycles. The van der Waals surface area contributed by atoms with Gasteiger partial charge in [-0.05, 0) is 78.9 Å². The molecule has 9 rings (SSSR count). The molecule has 0 N–H and O–H groups in total. The highest BCUT2D eigenvalue weighted by atomic mass is 15.2. The molecule has 0 bridgehead atoms. The second kappa shape index (κ2) is 10.8. The summed E-state index contributed by atoms with van der Waals surface area (Å²) in [5.74, 6) is 1.43. The smallest absolute Gasteiger partial charge is 0.238 e. The van der Waals surface area contributed by atoms with Gasteiger partial charge in [-0.2, -0.15) is 20.5 Å². The van der Waals surface area contributed by atoms with Gasteiger partial charge in [-0.3, -0.25) is 4.57 Å². The fourth-order valence-electron chi connectivity index (χ4n) is 6.68. The van der Waals surface area contributed by atoms with Gasteiger partial charge in [0.1, 0.15) is 0 Å².